The van der Waals surface area contributed by atoms with E-state index in [0.717, 1.165) is 6.42 Å². The summed E-state index contributed by atoms with van der Waals surface area (Å²) in [6, 6.07) is 7.42. The third kappa shape index (κ3) is 3.50. The Morgan fingerprint density at radius 2 is 1.85 bits per heavy atom. The van der Waals surface area contributed by atoms with Gasteiger partial charge >= 0.3 is 12.1 Å². The molecule has 1 aromatic rings. The molecule has 1 saturated heterocycles. The number of piperidine rings is 1. The molecule has 1 amide bonds. The Hall–Kier alpha value is -2.04. The molecule has 5 nitrogen and oxygen atoms in total. The molecular weight excluding hydrogens is 258 g/mol. The summed E-state index contributed by atoms with van der Waals surface area (Å²) in [4.78, 5) is 24.4. The van der Waals surface area contributed by atoms with Gasteiger partial charge in [0.1, 0.15) is 5.75 Å². The maximum atomic E-state index is 12.0. The number of likely N-dealkylation sites (tertiary alicyclic amines) is 1. The molecule has 2 rings (SSSR count). The van der Waals surface area contributed by atoms with Gasteiger partial charge in [0.05, 0.1) is 5.92 Å². The van der Waals surface area contributed by atoms with E-state index in [-0.39, 0.29) is 5.92 Å². The normalized spacial score (nSPS) is 15.9. The Labute approximate surface area is 118 Å². The van der Waals surface area contributed by atoms with Gasteiger partial charge < -0.3 is 14.7 Å². The van der Waals surface area contributed by atoms with Crippen molar-refractivity contribution in [2.24, 2.45) is 5.92 Å². The summed E-state index contributed by atoms with van der Waals surface area (Å²) in [6.45, 7) is 2.93. The summed E-state index contributed by atoms with van der Waals surface area (Å²) in [5, 5.41) is 8.91. The highest BCUT2D eigenvalue weighted by molar-refractivity contribution is 5.73. The standard InChI is InChI=1S/C15H19NO4/c1-2-11-3-5-13(6-4-11)20-15(19)16-9-7-12(8-10-16)14(17)18/h3-6,12H,2,7-10H2,1H3,(H,17,18). The van der Waals surface area contributed by atoms with E-state index in [1.54, 1.807) is 17.0 Å². The zero-order valence-corrected chi connectivity index (χ0v) is 11.5. The van der Waals surface area contributed by atoms with E-state index >= 15 is 0 Å². The lowest BCUT2D eigenvalue weighted by Gasteiger charge is -2.29. The van der Waals surface area contributed by atoms with Gasteiger partial charge in [-0.1, -0.05) is 19.1 Å². The number of ether oxygens (including phenoxy) is 1. The fourth-order valence-electron chi connectivity index (χ4n) is 2.27. The van der Waals surface area contributed by atoms with Gasteiger partial charge in [-0.15, -0.1) is 0 Å². The first-order chi connectivity index (χ1) is 9.60. The predicted octanol–water partition coefficient (Wildman–Crippen LogP) is 2.54. The van der Waals surface area contributed by atoms with E-state index in [1.807, 2.05) is 12.1 Å². The van der Waals surface area contributed by atoms with Crippen LogP contribution in [0.1, 0.15) is 25.3 Å². The van der Waals surface area contributed by atoms with Crippen LogP contribution >= 0.6 is 0 Å². The van der Waals surface area contributed by atoms with Crippen LogP contribution in [-0.2, 0) is 11.2 Å². The van der Waals surface area contributed by atoms with Crippen LogP contribution in [0, 0.1) is 5.92 Å². The van der Waals surface area contributed by atoms with Gasteiger partial charge in [0.15, 0.2) is 0 Å². The fourth-order valence-corrected chi connectivity index (χ4v) is 2.27. The molecule has 1 N–H and O–H groups in total. The molecule has 5 heteroatoms. The number of carbonyl (C=O) groups is 2. The second-order valence-corrected chi connectivity index (χ2v) is 4.97. The number of amides is 1. The number of benzene rings is 1. The molecule has 0 saturated carbocycles. The SMILES string of the molecule is CCc1ccc(OC(=O)N2CCC(C(=O)O)CC2)cc1. The minimum atomic E-state index is -0.784. The molecule has 0 unspecified atom stereocenters. The van der Waals surface area contributed by atoms with Crippen molar-refractivity contribution in [1.82, 2.24) is 4.90 Å². The second kappa shape index (κ2) is 6.41. The Kier molecular flexibility index (Phi) is 4.61. The van der Waals surface area contributed by atoms with E-state index in [2.05, 4.69) is 6.92 Å². The lowest BCUT2D eigenvalue weighted by atomic mass is 9.97. The highest BCUT2D eigenvalue weighted by atomic mass is 16.6. The van der Waals surface area contributed by atoms with Crippen molar-refractivity contribution in [1.29, 1.82) is 0 Å². The monoisotopic (exact) mass is 277 g/mol. The van der Waals surface area contributed by atoms with E-state index in [4.69, 9.17) is 9.84 Å². The molecule has 1 fully saturated rings. The van der Waals surface area contributed by atoms with Gasteiger partial charge in [0.25, 0.3) is 0 Å². The molecule has 1 aliphatic heterocycles. The number of hydrogen-bond acceptors (Lipinski definition) is 3. The maximum Gasteiger partial charge on any atom is 0.415 e. The van der Waals surface area contributed by atoms with Crippen LogP contribution in [0.15, 0.2) is 24.3 Å². The van der Waals surface area contributed by atoms with Crippen LogP contribution in [0.4, 0.5) is 4.79 Å². The molecule has 0 atom stereocenters. The summed E-state index contributed by atoms with van der Waals surface area (Å²) in [5.74, 6) is -0.608. The Morgan fingerprint density at radius 3 is 2.35 bits per heavy atom. The summed E-state index contributed by atoms with van der Waals surface area (Å²) in [7, 11) is 0. The number of aliphatic carboxylic acids is 1. The summed E-state index contributed by atoms with van der Waals surface area (Å²) >= 11 is 0. The van der Waals surface area contributed by atoms with Gasteiger partial charge in [-0.25, -0.2) is 4.79 Å². The van der Waals surface area contributed by atoms with Crippen LogP contribution < -0.4 is 4.74 Å². The van der Waals surface area contributed by atoms with Gasteiger partial charge in [-0.05, 0) is 37.0 Å². The number of carbonyl (C=O) groups excluding carboxylic acids is 1. The lowest BCUT2D eigenvalue weighted by Crippen LogP contribution is -2.41. The molecule has 108 valence electrons. The second-order valence-electron chi connectivity index (χ2n) is 4.97. The molecule has 0 aromatic heterocycles. The van der Waals surface area contributed by atoms with E-state index < -0.39 is 12.1 Å². The largest absolute Gasteiger partial charge is 0.481 e. The van der Waals surface area contributed by atoms with Gasteiger partial charge in [-0.3, -0.25) is 4.79 Å². The predicted molar refractivity (Wildman–Crippen MR) is 73.8 cm³/mol. The van der Waals surface area contributed by atoms with Gasteiger partial charge in [0, 0.05) is 13.1 Å². The number of carboxylic acid groups (broad SMARTS) is 1. The van der Waals surface area contributed by atoms with Crippen molar-refractivity contribution in [3.63, 3.8) is 0 Å². The number of carboxylic acids is 1. The summed E-state index contributed by atoms with van der Waals surface area (Å²) in [5.41, 5.74) is 1.19. The summed E-state index contributed by atoms with van der Waals surface area (Å²) < 4.78 is 5.29. The molecule has 20 heavy (non-hydrogen) atoms. The van der Waals surface area contributed by atoms with Crippen molar-refractivity contribution in [3.8, 4) is 5.75 Å². The Bertz CT molecular complexity index is 475. The van der Waals surface area contributed by atoms with Crippen molar-refractivity contribution in [3.05, 3.63) is 29.8 Å². The van der Waals surface area contributed by atoms with Crippen molar-refractivity contribution in [2.45, 2.75) is 26.2 Å². The number of rotatable bonds is 3. The maximum absolute atomic E-state index is 12.0. The van der Waals surface area contributed by atoms with Crippen LogP contribution in [-0.4, -0.2) is 35.2 Å². The van der Waals surface area contributed by atoms with Crippen molar-refractivity contribution >= 4 is 12.1 Å². The van der Waals surface area contributed by atoms with Crippen LogP contribution in [0.25, 0.3) is 0 Å². The zero-order valence-electron chi connectivity index (χ0n) is 11.5. The quantitative estimate of drug-likeness (QED) is 0.922. The molecule has 1 heterocycles. The molecule has 0 bridgehead atoms. The van der Waals surface area contributed by atoms with Crippen LogP contribution in [0.3, 0.4) is 0 Å². The average Bonchev–Trinajstić information content (AvgIpc) is 2.48. The first-order valence-electron chi connectivity index (χ1n) is 6.88. The first-order valence-corrected chi connectivity index (χ1v) is 6.88. The van der Waals surface area contributed by atoms with E-state index in [9.17, 15) is 9.59 Å². The molecule has 0 radical (unpaired) electrons. The minimum Gasteiger partial charge on any atom is -0.481 e. The van der Waals surface area contributed by atoms with Crippen molar-refractivity contribution < 1.29 is 19.4 Å². The van der Waals surface area contributed by atoms with E-state index in [1.165, 1.54) is 5.56 Å². The van der Waals surface area contributed by atoms with Crippen LogP contribution in [0.2, 0.25) is 0 Å². The third-order valence-corrected chi connectivity index (χ3v) is 3.64. The lowest BCUT2D eigenvalue weighted by molar-refractivity contribution is -0.143. The smallest absolute Gasteiger partial charge is 0.415 e. The van der Waals surface area contributed by atoms with Gasteiger partial charge in [-0.2, -0.15) is 0 Å². The van der Waals surface area contributed by atoms with Crippen molar-refractivity contribution in [2.75, 3.05) is 13.1 Å². The number of hydrogen-bond donors (Lipinski definition) is 1. The molecule has 0 aliphatic carbocycles. The summed E-state index contributed by atoms with van der Waals surface area (Å²) in [6.07, 6.45) is 1.51. The Morgan fingerprint density at radius 1 is 1.25 bits per heavy atom. The van der Waals surface area contributed by atoms with Gasteiger partial charge in [0.2, 0.25) is 0 Å². The number of aryl methyl sites for hydroxylation is 1. The third-order valence-electron chi connectivity index (χ3n) is 3.64. The highest BCUT2D eigenvalue weighted by Gasteiger charge is 2.27. The molecule has 1 aliphatic rings. The van der Waals surface area contributed by atoms with E-state index in [0.29, 0.717) is 31.7 Å². The Balaban J connectivity index is 1.87. The highest BCUT2D eigenvalue weighted by Crippen LogP contribution is 2.19. The fraction of sp³-hybridized carbons (Fsp3) is 0.467. The molecule has 1 aromatic carbocycles. The van der Waals surface area contributed by atoms with Crippen LogP contribution in [0.5, 0.6) is 5.75 Å². The topological polar surface area (TPSA) is 66.8 Å². The minimum absolute atomic E-state index is 0.345. The molecule has 0 spiro atoms. The first kappa shape index (κ1) is 14.4. The zero-order chi connectivity index (χ0) is 14.5. The average molecular weight is 277 g/mol. The molecular formula is C15H19NO4. The number of nitrogens with zero attached hydrogens (tertiary/aromatic N) is 1.